The average molecular weight is 328 g/mol. The number of rotatable bonds is 5. The van der Waals surface area contributed by atoms with Gasteiger partial charge in [0.15, 0.2) is 0 Å². The summed E-state index contributed by atoms with van der Waals surface area (Å²) < 4.78 is 0. The van der Waals surface area contributed by atoms with Gasteiger partial charge in [-0.15, -0.1) is 11.8 Å². The van der Waals surface area contributed by atoms with Crippen LogP contribution in [0.25, 0.3) is 0 Å². The zero-order chi connectivity index (χ0) is 15.2. The molecular weight excluding hydrogens is 306 g/mol. The minimum absolute atomic E-state index is 0.180. The first-order valence-electron chi connectivity index (χ1n) is 7.34. The van der Waals surface area contributed by atoms with Gasteiger partial charge < -0.3 is 10.0 Å². The Bertz CT molecular complexity index is 464. The number of amides is 1. The SMILES string of the molecule is CC(O)C1CCCN(C(=O)CSCc2ccc(Cl)cc2)C1. The fraction of sp³-hybridized carbons (Fsp3) is 0.562. The molecule has 5 heteroatoms. The van der Waals surface area contributed by atoms with Crippen LogP contribution in [0.5, 0.6) is 0 Å². The summed E-state index contributed by atoms with van der Waals surface area (Å²) >= 11 is 7.48. The van der Waals surface area contributed by atoms with Gasteiger partial charge in [0.05, 0.1) is 11.9 Å². The monoisotopic (exact) mass is 327 g/mol. The Balaban J connectivity index is 1.75. The number of piperidine rings is 1. The fourth-order valence-corrected chi connectivity index (χ4v) is 3.57. The Morgan fingerprint density at radius 3 is 2.86 bits per heavy atom. The molecule has 1 fully saturated rings. The number of aliphatic hydroxyl groups excluding tert-OH is 1. The number of halogens is 1. The maximum Gasteiger partial charge on any atom is 0.232 e. The van der Waals surface area contributed by atoms with Gasteiger partial charge in [-0.3, -0.25) is 4.79 Å². The van der Waals surface area contributed by atoms with Crippen LogP contribution in [0.3, 0.4) is 0 Å². The highest BCUT2D eigenvalue weighted by atomic mass is 35.5. The molecule has 3 nitrogen and oxygen atoms in total. The Hall–Kier alpha value is -0.710. The lowest BCUT2D eigenvalue weighted by Gasteiger charge is -2.34. The molecule has 2 rings (SSSR count). The van der Waals surface area contributed by atoms with Crippen molar-refractivity contribution in [1.82, 2.24) is 4.90 Å². The molecule has 21 heavy (non-hydrogen) atoms. The summed E-state index contributed by atoms with van der Waals surface area (Å²) in [6.07, 6.45) is 1.67. The molecular formula is C16H22ClNO2S. The van der Waals surface area contributed by atoms with E-state index in [4.69, 9.17) is 11.6 Å². The second kappa shape index (κ2) is 8.06. The van der Waals surface area contributed by atoms with E-state index in [0.717, 1.165) is 30.2 Å². The number of hydrogen-bond donors (Lipinski definition) is 1. The predicted octanol–water partition coefficient (Wildman–Crippen LogP) is 3.19. The quantitative estimate of drug-likeness (QED) is 0.903. The highest BCUT2D eigenvalue weighted by Gasteiger charge is 2.26. The van der Waals surface area contributed by atoms with Crippen LogP contribution in [-0.2, 0) is 10.5 Å². The van der Waals surface area contributed by atoms with Crippen LogP contribution in [0.1, 0.15) is 25.3 Å². The summed E-state index contributed by atoms with van der Waals surface area (Å²) in [5.74, 6) is 1.72. The Morgan fingerprint density at radius 1 is 1.48 bits per heavy atom. The van der Waals surface area contributed by atoms with Crippen molar-refractivity contribution in [3.63, 3.8) is 0 Å². The van der Waals surface area contributed by atoms with E-state index in [9.17, 15) is 9.90 Å². The highest BCUT2D eigenvalue weighted by Crippen LogP contribution is 2.21. The zero-order valence-corrected chi connectivity index (χ0v) is 13.9. The molecule has 0 aliphatic carbocycles. The van der Waals surface area contributed by atoms with Gasteiger partial charge in [-0.25, -0.2) is 0 Å². The third kappa shape index (κ3) is 5.20. The van der Waals surface area contributed by atoms with E-state index in [-0.39, 0.29) is 17.9 Å². The van der Waals surface area contributed by atoms with E-state index in [1.165, 1.54) is 5.56 Å². The molecule has 2 unspecified atom stereocenters. The van der Waals surface area contributed by atoms with Crippen molar-refractivity contribution in [2.24, 2.45) is 5.92 Å². The minimum atomic E-state index is -0.331. The normalized spacial score (nSPS) is 20.3. The highest BCUT2D eigenvalue weighted by molar-refractivity contribution is 7.99. The van der Waals surface area contributed by atoms with E-state index in [0.29, 0.717) is 12.3 Å². The molecule has 1 aromatic rings. The van der Waals surface area contributed by atoms with Crippen molar-refractivity contribution in [3.8, 4) is 0 Å². The van der Waals surface area contributed by atoms with Crippen LogP contribution in [0.15, 0.2) is 24.3 Å². The van der Waals surface area contributed by atoms with Crippen molar-refractivity contribution < 1.29 is 9.90 Å². The Labute approximate surface area is 135 Å². The summed E-state index contributed by atoms with van der Waals surface area (Å²) in [5, 5.41) is 10.4. The summed E-state index contributed by atoms with van der Waals surface area (Å²) in [6.45, 7) is 3.33. The van der Waals surface area contributed by atoms with Gasteiger partial charge in [-0.05, 0) is 37.5 Å². The lowest BCUT2D eigenvalue weighted by Crippen LogP contribution is -2.43. The van der Waals surface area contributed by atoms with Gasteiger partial charge in [-0.1, -0.05) is 23.7 Å². The number of carbonyl (C=O) groups excluding carboxylic acids is 1. The van der Waals surface area contributed by atoms with E-state index >= 15 is 0 Å². The first-order valence-corrected chi connectivity index (χ1v) is 8.87. The molecule has 1 aromatic carbocycles. The summed E-state index contributed by atoms with van der Waals surface area (Å²) in [4.78, 5) is 14.1. The molecule has 0 aromatic heterocycles. The first-order chi connectivity index (χ1) is 10.1. The second-order valence-corrected chi connectivity index (χ2v) is 7.02. The molecule has 1 N–H and O–H groups in total. The molecule has 0 saturated carbocycles. The molecule has 0 radical (unpaired) electrons. The number of nitrogens with zero attached hydrogens (tertiary/aromatic N) is 1. The molecule has 1 amide bonds. The van der Waals surface area contributed by atoms with Crippen molar-refractivity contribution in [2.45, 2.75) is 31.6 Å². The van der Waals surface area contributed by atoms with E-state index in [2.05, 4.69) is 0 Å². The molecule has 1 aliphatic heterocycles. The van der Waals surface area contributed by atoms with Crippen LogP contribution >= 0.6 is 23.4 Å². The summed E-state index contributed by atoms with van der Waals surface area (Å²) in [5.41, 5.74) is 1.18. The fourth-order valence-electron chi connectivity index (χ4n) is 2.56. The lowest BCUT2D eigenvalue weighted by molar-refractivity contribution is -0.130. The summed E-state index contributed by atoms with van der Waals surface area (Å²) in [6, 6.07) is 7.72. The molecule has 1 heterocycles. The number of thioether (sulfide) groups is 1. The molecule has 0 bridgehead atoms. The largest absolute Gasteiger partial charge is 0.393 e. The van der Waals surface area contributed by atoms with Crippen molar-refractivity contribution in [2.75, 3.05) is 18.8 Å². The Kier molecular flexibility index (Phi) is 6.40. The van der Waals surface area contributed by atoms with Gasteiger partial charge in [0, 0.05) is 29.8 Å². The predicted molar refractivity (Wildman–Crippen MR) is 88.6 cm³/mol. The van der Waals surface area contributed by atoms with Gasteiger partial charge >= 0.3 is 0 Å². The van der Waals surface area contributed by atoms with Crippen molar-refractivity contribution >= 4 is 29.3 Å². The smallest absolute Gasteiger partial charge is 0.232 e. The average Bonchev–Trinajstić information content (AvgIpc) is 2.49. The Morgan fingerprint density at radius 2 is 2.19 bits per heavy atom. The van der Waals surface area contributed by atoms with Crippen LogP contribution in [0.2, 0.25) is 5.02 Å². The topological polar surface area (TPSA) is 40.5 Å². The number of aliphatic hydroxyl groups is 1. The standard InChI is InChI=1S/C16H22ClNO2S/c1-12(19)14-3-2-8-18(9-14)16(20)11-21-10-13-4-6-15(17)7-5-13/h4-7,12,14,19H,2-3,8-11H2,1H3. The minimum Gasteiger partial charge on any atom is -0.393 e. The lowest BCUT2D eigenvalue weighted by atomic mass is 9.93. The first kappa shape index (κ1) is 16.7. The van der Waals surface area contributed by atoms with Gasteiger partial charge in [-0.2, -0.15) is 0 Å². The van der Waals surface area contributed by atoms with Gasteiger partial charge in [0.2, 0.25) is 5.91 Å². The number of benzene rings is 1. The summed E-state index contributed by atoms with van der Waals surface area (Å²) in [7, 11) is 0. The number of carbonyl (C=O) groups is 1. The zero-order valence-electron chi connectivity index (χ0n) is 12.3. The van der Waals surface area contributed by atoms with E-state index in [1.54, 1.807) is 11.8 Å². The van der Waals surface area contributed by atoms with Crippen LogP contribution < -0.4 is 0 Å². The maximum absolute atomic E-state index is 12.2. The molecule has 1 aliphatic rings. The van der Waals surface area contributed by atoms with Crippen molar-refractivity contribution in [1.29, 1.82) is 0 Å². The van der Waals surface area contributed by atoms with Crippen LogP contribution in [0, 0.1) is 5.92 Å². The third-order valence-corrected chi connectivity index (χ3v) is 5.14. The van der Waals surface area contributed by atoms with E-state index in [1.807, 2.05) is 36.1 Å². The molecule has 0 spiro atoms. The van der Waals surface area contributed by atoms with Crippen LogP contribution in [0.4, 0.5) is 0 Å². The molecule has 2 atom stereocenters. The second-order valence-electron chi connectivity index (χ2n) is 5.60. The van der Waals surface area contributed by atoms with Gasteiger partial charge in [0.25, 0.3) is 0 Å². The van der Waals surface area contributed by atoms with Crippen molar-refractivity contribution in [3.05, 3.63) is 34.9 Å². The number of likely N-dealkylation sites (tertiary alicyclic amines) is 1. The van der Waals surface area contributed by atoms with Gasteiger partial charge in [0.1, 0.15) is 0 Å². The molecule has 1 saturated heterocycles. The number of hydrogen-bond acceptors (Lipinski definition) is 3. The maximum atomic E-state index is 12.2. The molecule has 116 valence electrons. The van der Waals surface area contributed by atoms with E-state index < -0.39 is 0 Å². The van der Waals surface area contributed by atoms with Crippen LogP contribution in [-0.4, -0.2) is 40.9 Å². The third-order valence-electron chi connectivity index (χ3n) is 3.90.